The van der Waals surface area contributed by atoms with E-state index in [9.17, 15) is 14.6 Å². The molecule has 4 heteroatoms. The highest BCUT2D eigenvalue weighted by molar-refractivity contribution is 5.73. The van der Waals surface area contributed by atoms with Gasteiger partial charge in [0.05, 0.1) is 12.7 Å². The van der Waals surface area contributed by atoms with Gasteiger partial charge in [0.25, 0.3) is 0 Å². The van der Waals surface area contributed by atoms with Crippen molar-refractivity contribution in [3.63, 3.8) is 0 Å². The van der Waals surface area contributed by atoms with Gasteiger partial charge < -0.3 is 10.2 Å². The second-order valence-electron chi connectivity index (χ2n) is 6.80. The maximum Gasteiger partial charge on any atom is 0.123 e. The molecule has 1 heterocycles. The van der Waals surface area contributed by atoms with Gasteiger partial charge in [0.1, 0.15) is 5.82 Å². The number of aliphatic hydroxyl groups is 2. The molecule has 0 bridgehead atoms. The smallest absolute Gasteiger partial charge is 0.123 e. The molecule has 1 atom stereocenters. The molecule has 130 valence electrons. The van der Waals surface area contributed by atoms with Crippen molar-refractivity contribution in [2.24, 2.45) is 0 Å². The molecular weight excluding hydrogens is 305 g/mol. The molecule has 3 nitrogen and oxygen atoms in total. The van der Waals surface area contributed by atoms with Crippen LogP contribution in [0.4, 0.5) is 4.39 Å². The van der Waals surface area contributed by atoms with Crippen molar-refractivity contribution in [2.75, 3.05) is 0 Å². The van der Waals surface area contributed by atoms with Gasteiger partial charge in [-0.15, -0.1) is 0 Å². The summed E-state index contributed by atoms with van der Waals surface area (Å²) < 4.78 is 13.3. The minimum absolute atomic E-state index is 0.124. The predicted molar refractivity (Wildman–Crippen MR) is 94.4 cm³/mol. The molecular formula is C20H26FNO2. The molecule has 1 aromatic carbocycles. The van der Waals surface area contributed by atoms with E-state index >= 15 is 0 Å². The molecule has 0 aliphatic rings. The number of hydrogen-bond acceptors (Lipinski definition) is 3. The van der Waals surface area contributed by atoms with Crippen molar-refractivity contribution in [3.05, 3.63) is 52.6 Å². The molecule has 0 saturated carbocycles. The van der Waals surface area contributed by atoms with E-state index < -0.39 is 6.10 Å². The molecule has 0 aliphatic carbocycles. The van der Waals surface area contributed by atoms with E-state index in [-0.39, 0.29) is 24.3 Å². The van der Waals surface area contributed by atoms with E-state index in [2.05, 4.69) is 0 Å². The fourth-order valence-corrected chi connectivity index (χ4v) is 3.12. The molecule has 0 radical (unpaired) electrons. The highest BCUT2D eigenvalue weighted by Crippen LogP contribution is 2.39. The lowest BCUT2D eigenvalue weighted by Gasteiger charge is -2.25. The summed E-state index contributed by atoms with van der Waals surface area (Å²) in [5.74, 6) is -0.0592. The van der Waals surface area contributed by atoms with Gasteiger partial charge in [-0.05, 0) is 42.0 Å². The van der Waals surface area contributed by atoms with Crippen molar-refractivity contribution in [1.82, 2.24) is 4.98 Å². The second kappa shape index (κ2) is 7.41. The first-order chi connectivity index (χ1) is 11.3. The zero-order valence-electron chi connectivity index (χ0n) is 15.0. The van der Waals surface area contributed by atoms with Crippen LogP contribution in [0.5, 0.6) is 0 Å². The third-order valence-electron chi connectivity index (χ3n) is 4.20. The largest absolute Gasteiger partial charge is 0.392 e. The maximum atomic E-state index is 13.3. The Morgan fingerprint density at radius 1 is 0.958 bits per heavy atom. The topological polar surface area (TPSA) is 53.4 Å². The molecule has 0 fully saturated rings. The average molecular weight is 331 g/mol. The number of aromatic nitrogens is 1. The summed E-state index contributed by atoms with van der Waals surface area (Å²) in [4.78, 5) is 4.77. The third-order valence-corrected chi connectivity index (χ3v) is 4.20. The summed E-state index contributed by atoms with van der Waals surface area (Å²) in [5, 5.41) is 20.4. The fourth-order valence-electron chi connectivity index (χ4n) is 3.12. The van der Waals surface area contributed by atoms with Crippen LogP contribution >= 0.6 is 0 Å². The van der Waals surface area contributed by atoms with Crippen LogP contribution in [0.15, 0.2) is 24.3 Å². The maximum absolute atomic E-state index is 13.3. The average Bonchev–Trinajstić information content (AvgIpc) is 2.53. The number of nitrogens with zero attached hydrogens (tertiary/aromatic N) is 1. The van der Waals surface area contributed by atoms with Gasteiger partial charge in [-0.1, -0.05) is 39.8 Å². The summed E-state index contributed by atoms with van der Waals surface area (Å²) in [6, 6.07) is 6.16. The van der Waals surface area contributed by atoms with Gasteiger partial charge in [0, 0.05) is 22.5 Å². The molecule has 2 N–H and O–H groups in total. The van der Waals surface area contributed by atoms with Crippen molar-refractivity contribution >= 4 is 0 Å². The number of hydrogen-bond donors (Lipinski definition) is 2. The number of halogens is 1. The lowest BCUT2D eigenvalue weighted by molar-refractivity contribution is 0.197. The summed E-state index contributed by atoms with van der Waals surface area (Å²) in [5.41, 5.74) is 4.62. The highest BCUT2D eigenvalue weighted by atomic mass is 19.1. The zero-order valence-corrected chi connectivity index (χ0v) is 15.0. The molecule has 2 aromatic rings. The van der Waals surface area contributed by atoms with Crippen molar-refractivity contribution in [1.29, 1.82) is 0 Å². The van der Waals surface area contributed by atoms with Crippen LogP contribution in [-0.2, 0) is 6.61 Å². The Balaban J connectivity index is 2.92. The van der Waals surface area contributed by atoms with Gasteiger partial charge >= 0.3 is 0 Å². The molecule has 0 amide bonds. The van der Waals surface area contributed by atoms with E-state index in [1.807, 2.05) is 27.7 Å². The normalized spacial score (nSPS) is 12.9. The number of rotatable bonds is 5. The molecule has 2 rings (SSSR count). The molecule has 0 aliphatic heterocycles. The quantitative estimate of drug-likeness (QED) is 0.836. The van der Waals surface area contributed by atoms with Gasteiger partial charge in [-0.2, -0.15) is 0 Å². The predicted octanol–water partition coefficient (Wildman–Crippen LogP) is 4.68. The Morgan fingerprint density at radius 3 is 1.92 bits per heavy atom. The van der Waals surface area contributed by atoms with Crippen LogP contribution in [0.3, 0.4) is 0 Å². The molecule has 24 heavy (non-hydrogen) atoms. The van der Waals surface area contributed by atoms with E-state index in [4.69, 9.17) is 4.98 Å². The van der Waals surface area contributed by atoms with Crippen molar-refractivity contribution < 1.29 is 14.6 Å². The Morgan fingerprint density at radius 2 is 1.50 bits per heavy atom. The Bertz CT molecular complexity index is 707. The minimum atomic E-state index is -0.735. The summed E-state index contributed by atoms with van der Waals surface area (Å²) in [7, 11) is 0. The van der Waals surface area contributed by atoms with Gasteiger partial charge in [-0.3, -0.25) is 4.98 Å². The van der Waals surface area contributed by atoms with Crippen LogP contribution in [-0.4, -0.2) is 15.2 Å². The molecule has 1 aromatic heterocycles. The number of pyridine rings is 1. The van der Waals surface area contributed by atoms with Gasteiger partial charge in [-0.25, -0.2) is 4.39 Å². The van der Waals surface area contributed by atoms with Gasteiger partial charge in [0.2, 0.25) is 0 Å². The number of benzene rings is 1. The van der Waals surface area contributed by atoms with E-state index in [0.29, 0.717) is 11.1 Å². The first kappa shape index (κ1) is 18.6. The standard InChI is InChI=1S/C20H26FNO2/c1-11(2)19-16(10-23)18(14-6-8-15(21)9-7-14)17(13(5)24)20(22-19)12(3)4/h6-9,11-13,23-24H,10H2,1-5H3. The Hall–Kier alpha value is -1.78. The van der Waals surface area contributed by atoms with E-state index in [1.54, 1.807) is 19.1 Å². The third kappa shape index (κ3) is 3.50. The van der Waals surface area contributed by atoms with E-state index in [0.717, 1.165) is 22.5 Å². The lowest BCUT2D eigenvalue weighted by Crippen LogP contribution is -2.14. The van der Waals surface area contributed by atoms with Crippen LogP contribution in [0.1, 0.15) is 75.1 Å². The van der Waals surface area contributed by atoms with Crippen LogP contribution in [0, 0.1) is 5.82 Å². The Labute approximate surface area is 143 Å². The van der Waals surface area contributed by atoms with Crippen LogP contribution in [0.2, 0.25) is 0 Å². The first-order valence-electron chi connectivity index (χ1n) is 8.39. The van der Waals surface area contributed by atoms with Crippen LogP contribution in [0.25, 0.3) is 11.1 Å². The number of aliphatic hydroxyl groups excluding tert-OH is 2. The Kier molecular flexibility index (Phi) is 5.73. The highest BCUT2D eigenvalue weighted by Gasteiger charge is 2.25. The van der Waals surface area contributed by atoms with Crippen molar-refractivity contribution in [2.45, 2.75) is 59.2 Å². The molecule has 0 spiro atoms. The fraction of sp³-hybridized carbons (Fsp3) is 0.450. The monoisotopic (exact) mass is 331 g/mol. The van der Waals surface area contributed by atoms with Crippen LogP contribution < -0.4 is 0 Å². The first-order valence-corrected chi connectivity index (χ1v) is 8.39. The molecule has 0 saturated heterocycles. The lowest BCUT2D eigenvalue weighted by atomic mass is 9.85. The summed E-state index contributed by atoms with van der Waals surface area (Å²) in [6.45, 7) is 9.65. The second-order valence-corrected chi connectivity index (χ2v) is 6.80. The van der Waals surface area contributed by atoms with E-state index in [1.165, 1.54) is 12.1 Å². The van der Waals surface area contributed by atoms with Gasteiger partial charge in [0.15, 0.2) is 0 Å². The SMILES string of the molecule is CC(C)c1nc(C(C)C)c(C(C)O)c(-c2ccc(F)cc2)c1CO. The minimum Gasteiger partial charge on any atom is -0.392 e. The summed E-state index contributed by atoms with van der Waals surface area (Å²) in [6.07, 6.45) is -0.735. The summed E-state index contributed by atoms with van der Waals surface area (Å²) >= 11 is 0. The molecule has 1 unspecified atom stereocenters. The van der Waals surface area contributed by atoms with Crippen molar-refractivity contribution in [3.8, 4) is 11.1 Å². The zero-order chi connectivity index (χ0) is 18.0.